The first kappa shape index (κ1) is 19.7. The Kier molecular flexibility index (Phi) is 6.30. The fourth-order valence-corrected chi connectivity index (χ4v) is 3.80. The Balaban J connectivity index is 1.42. The molecule has 2 aliphatic rings. The lowest BCUT2D eigenvalue weighted by Gasteiger charge is -2.29. The summed E-state index contributed by atoms with van der Waals surface area (Å²) in [5, 5.41) is 0. The fraction of sp³-hybridized carbons (Fsp3) is 0.478. The van der Waals surface area contributed by atoms with E-state index in [0.717, 1.165) is 43.6 Å². The van der Waals surface area contributed by atoms with E-state index in [1.165, 1.54) is 0 Å². The Labute approximate surface area is 171 Å². The number of carbonyl (C=O) groups is 2. The summed E-state index contributed by atoms with van der Waals surface area (Å²) in [7, 11) is 0. The van der Waals surface area contributed by atoms with Gasteiger partial charge in [0, 0.05) is 19.2 Å². The zero-order chi connectivity index (χ0) is 20.1. The molecule has 0 N–H and O–H groups in total. The summed E-state index contributed by atoms with van der Waals surface area (Å²) in [6.07, 6.45) is 5.93. The third-order valence-corrected chi connectivity index (χ3v) is 5.54. The molecule has 2 fully saturated rings. The highest BCUT2D eigenvalue weighted by atomic mass is 16.5. The van der Waals surface area contributed by atoms with Gasteiger partial charge in [-0.05, 0) is 43.4 Å². The Bertz CT molecular complexity index is 796. The minimum atomic E-state index is -0.0507. The molecule has 1 saturated heterocycles. The third kappa shape index (κ3) is 5.48. The smallest absolute Gasteiger partial charge is 0.242 e. The Morgan fingerprint density at radius 3 is 2.48 bits per heavy atom. The van der Waals surface area contributed by atoms with Gasteiger partial charge in [-0.1, -0.05) is 30.3 Å². The second-order valence-electron chi connectivity index (χ2n) is 7.90. The summed E-state index contributed by atoms with van der Waals surface area (Å²) in [5.74, 6) is 0.706. The van der Waals surface area contributed by atoms with E-state index < -0.39 is 0 Å². The van der Waals surface area contributed by atoms with Gasteiger partial charge in [-0.15, -0.1) is 0 Å². The number of carbonyl (C=O) groups excluding carboxylic acids is 2. The quantitative estimate of drug-likeness (QED) is 0.654. The van der Waals surface area contributed by atoms with Gasteiger partial charge in [-0.3, -0.25) is 9.59 Å². The van der Waals surface area contributed by atoms with Gasteiger partial charge in [0.1, 0.15) is 12.3 Å². The molecule has 1 aromatic carbocycles. The molecule has 4 rings (SSSR count). The van der Waals surface area contributed by atoms with E-state index in [1.54, 1.807) is 16.1 Å². The lowest BCUT2D eigenvalue weighted by molar-refractivity contribution is -0.142. The van der Waals surface area contributed by atoms with Crippen molar-refractivity contribution in [3.05, 3.63) is 60.1 Å². The lowest BCUT2D eigenvalue weighted by Crippen LogP contribution is -2.46. The summed E-state index contributed by atoms with van der Waals surface area (Å²) >= 11 is 0. The monoisotopic (exact) mass is 396 g/mol. The van der Waals surface area contributed by atoms with Crippen LogP contribution < -0.4 is 0 Å². The highest BCUT2D eigenvalue weighted by molar-refractivity contribution is 5.86. The van der Waals surface area contributed by atoms with Crippen molar-refractivity contribution in [1.82, 2.24) is 9.80 Å². The topological polar surface area (TPSA) is 63.0 Å². The number of rotatable bonds is 9. The molecule has 6 heteroatoms. The molecular formula is C23H28N2O4. The van der Waals surface area contributed by atoms with Crippen LogP contribution >= 0.6 is 0 Å². The molecule has 1 atom stereocenters. The molecule has 0 spiro atoms. The second-order valence-corrected chi connectivity index (χ2v) is 7.90. The van der Waals surface area contributed by atoms with E-state index >= 15 is 0 Å². The van der Waals surface area contributed by atoms with Gasteiger partial charge in [0.05, 0.1) is 25.3 Å². The van der Waals surface area contributed by atoms with Crippen molar-refractivity contribution in [3.63, 3.8) is 0 Å². The molecule has 1 aromatic heterocycles. The highest BCUT2D eigenvalue weighted by Crippen LogP contribution is 2.28. The van der Waals surface area contributed by atoms with Crippen molar-refractivity contribution in [2.24, 2.45) is 0 Å². The third-order valence-electron chi connectivity index (χ3n) is 5.54. The van der Waals surface area contributed by atoms with Gasteiger partial charge in [0.25, 0.3) is 0 Å². The van der Waals surface area contributed by atoms with E-state index in [0.29, 0.717) is 19.5 Å². The van der Waals surface area contributed by atoms with Crippen LogP contribution in [0, 0.1) is 0 Å². The SMILES string of the molecule is O=C(CN(C(=O)Cc1ccccc1)C1CC1)N(Cc1ccco1)C[C@H]1CCCO1. The first-order chi connectivity index (χ1) is 14.2. The highest BCUT2D eigenvalue weighted by Gasteiger charge is 2.35. The predicted molar refractivity (Wildman–Crippen MR) is 108 cm³/mol. The van der Waals surface area contributed by atoms with Crippen LogP contribution in [0.1, 0.15) is 37.0 Å². The Hall–Kier alpha value is -2.60. The molecule has 1 aliphatic heterocycles. The number of hydrogen-bond donors (Lipinski definition) is 0. The van der Waals surface area contributed by atoms with E-state index in [9.17, 15) is 9.59 Å². The maximum atomic E-state index is 13.2. The number of nitrogens with zero attached hydrogens (tertiary/aromatic N) is 2. The summed E-state index contributed by atoms with van der Waals surface area (Å²) in [5.41, 5.74) is 0.974. The molecule has 2 amide bonds. The zero-order valence-corrected chi connectivity index (χ0v) is 16.7. The van der Waals surface area contributed by atoms with Crippen molar-refractivity contribution in [2.75, 3.05) is 19.7 Å². The van der Waals surface area contributed by atoms with Crippen molar-refractivity contribution in [2.45, 2.75) is 50.8 Å². The summed E-state index contributed by atoms with van der Waals surface area (Å²) < 4.78 is 11.2. The summed E-state index contributed by atoms with van der Waals surface area (Å²) in [4.78, 5) is 29.7. The van der Waals surface area contributed by atoms with E-state index in [1.807, 2.05) is 42.5 Å². The molecule has 2 heterocycles. The lowest BCUT2D eigenvalue weighted by atomic mass is 10.1. The maximum absolute atomic E-state index is 13.2. The minimum absolute atomic E-state index is 0.0158. The molecule has 6 nitrogen and oxygen atoms in total. The number of amides is 2. The number of benzene rings is 1. The van der Waals surface area contributed by atoms with Crippen molar-refractivity contribution in [3.8, 4) is 0 Å². The molecule has 1 saturated carbocycles. The molecule has 0 radical (unpaired) electrons. The molecule has 2 aromatic rings. The average Bonchev–Trinajstić information content (AvgIpc) is 3.19. The van der Waals surface area contributed by atoms with Gasteiger partial charge in [0.15, 0.2) is 0 Å². The van der Waals surface area contributed by atoms with Crippen LogP contribution in [0.15, 0.2) is 53.1 Å². The van der Waals surface area contributed by atoms with Gasteiger partial charge in [-0.2, -0.15) is 0 Å². The molecule has 0 bridgehead atoms. The second kappa shape index (κ2) is 9.27. The number of ether oxygens (including phenoxy) is 1. The maximum Gasteiger partial charge on any atom is 0.242 e. The van der Waals surface area contributed by atoms with E-state index in [2.05, 4.69) is 0 Å². The van der Waals surface area contributed by atoms with Crippen LogP contribution in [0.25, 0.3) is 0 Å². The van der Waals surface area contributed by atoms with Crippen LogP contribution in [0.3, 0.4) is 0 Å². The van der Waals surface area contributed by atoms with Gasteiger partial charge in [0.2, 0.25) is 11.8 Å². The minimum Gasteiger partial charge on any atom is -0.467 e. The van der Waals surface area contributed by atoms with Crippen molar-refractivity contribution < 1.29 is 18.7 Å². The first-order valence-corrected chi connectivity index (χ1v) is 10.4. The Morgan fingerprint density at radius 2 is 1.83 bits per heavy atom. The Morgan fingerprint density at radius 1 is 1.00 bits per heavy atom. The van der Waals surface area contributed by atoms with Crippen LogP contribution in [0.4, 0.5) is 0 Å². The average molecular weight is 396 g/mol. The molecule has 1 aliphatic carbocycles. The van der Waals surface area contributed by atoms with Crippen LogP contribution in [-0.4, -0.2) is 53.5 Å². The largest absolute Gasteiger partial charge is 0.467 e. The number of hydrogen-bond acceptors (Lipinski definition) is 4. The van der Waals surface area contributed by atoms with Crippen molar-refractivity contribution >= 4 is 11.8 Å². The molecule has 29 heavy (non-hydrogen) atoms. The van der Waals surface area contributed by atoms with Crippen LogP contribution in [0.2, 0.25) is 0 Å². The van der Waals surface area contributed by atoms with Crippen LogP contribution in [0.5, 0.6) is 0 Å². The van der Waals surface area contributed by atoms with Gasteiger partial charge < -0.3 is 19.0 Å². The summed E-state index contributed by atoms with van der Waals surface area (Å²) in [6.45, 7) is 1.79. The van der Waals surface area contributed by atoms with Crippen molar-refractivity contribution in [1.29, 1.82) is 0 Å². The zero-order valence-electron chi connectivity index (χ0n) is 16.7. The summed E-state index contributed by atoms with van der Waals surface area (Å²) in [6, 6.07) is 13.6. The van der Waals surface area contributed by atoms with Gasteiger partial charge >= 0.3 is 0 Å². The molecule has 0 unspecified atom stereocenters. The standard InChI is InChI=1S/C23H28N2O4/c26-22(14-18-6-2-1-3-7-18)25(19-10-11-19)17-23(27)24(15-20-8-4-12-28-20)16-21-9-5-13-29-21/h1-4,6-8,12,19,21H,5,9-11,13-17H2/t21-/m1/s1. The normalized spacial score (nSPS) is 18.6. The number of furan rings is 1. The van der Waals surface area contributed by atoms with E-state index in [4.69, 9.17) is 9.15 Å². The predicted octanol–water partition coefficient (Wildman–Crippen LogP) is 3.02. The first-order valence-electron chi connectivity index (χ1n) is 10.4. The van der Waals surface area contributed by atoms with Gasteiger partial charge in [-0.25, -0.2) is 0 Å². The van der Waals surface area contributed by atoms with Crippen LogP contribution in [-0.2, 0) is 27.3 Å². The molecule has 154 valence electrons. The van der Waals surface area contributed by atoms with E-state index in [-0.39, 0.29) is 30.5 Å². The fourth-order valence-electron chi connectivity index (χ4n) is 3.80. The molecular weight excluding hydrogens is 368 g/mol.